The molecule has 0 bridgehead atoms. The number of hydrogen-bond donors (Lipinski definition) is 5. The third-order valence-corrected chi connectivity index (χ3v) is 2.73. The molecule has 0 radical (unpaired) electrons. The van der Waals surface area contributed by atoms with Gasteiger partial charge in [-0.2, -0.15) is 0 Å². The standard InChI is InChI=1S/C15H27NO8/c1-8(2)13(21)23-7-10(18)12(20)11(19)9(17)6-16-14(22)24-15(3,4)5/h9-12,17-20H,1,6-7H2,2-5H3,(H,16,22)/t9-,10+,11+,12+/m0/s1. The molecule has 1 amide bonds. The Morgan fingerprint density at radius 1 is 1.08 bits per heavy atom. The summed E-state index contributed by atoms with van der Waals surface area (Å²) in [6, 6.07) is 0. The fraction of sp³-hybridized carbons (Fsp3) is 0.733. The van der Waals surface area contributed by atoms with Gasteiger partial charge in [0, 0.05) is 12.1 Å². The third kappa shape index (κ3) is 8.82. The lowest BCUT2D eigenvalue weighted by Crippen LogP contribution is -2.50. The van der Waals surface area contributed by atoms with Crippen molar-refractivity contribution in [2.75, 3.05) is 13.2 Å². The predicted octanol–water partition coefficient (Wildman–Crippen LogP) is -0.926. The smallest absolute Gasteiger partial charge is 0.407 e. The molecule has 0 aromatic rings. The highest BCUT2D eigenvalue weighted by atomic mass is 16.6. The van der Waals surface area contributed by atoms with Gasteiger partial charge in [0.2, 0.25) is 0 Å². The first-order valence-corrected chi connectivity index (χ1v) is 7.37. The zero-order valence-corrected chi connectivity index (χ0v) is 14.4. The van der Waals surface area contributed by atoms with Gasteiger partial charge in [-0.3, -0.25) is 0 Å². The molecule has 0 saturated carbocycles. The normalized spacial score (nSPS) is 16.5. The van der Waals surface area contributed by atoms with E-state index in [9.17, 15) is 30.0 Å². The largest absolute Gasteiger partial charge is 0.459 e. The molecule has 4 atom stereocenters. The van der Waals surface area contributed by atoms with Gasteiger partial charge >= 0.3 is 12.1 Å². The Hall–Kier alpha value is -1.68. The first-order chi connectivity index (χ1) is 10.8. The molecule has 9 nitrogen and oxygen atoms in total. The molecule has 0 aliphatic rings. The maximum absolute atomic E-state index is 11.4. The van der Waals surface area contributed by atoms with Crippen LogP contribution >= 0.6 is 0 Å². The summed E-state index contributed by atoms with van der Waals surface area (Å²) in [6.07, 6.45) is -7.57. The Bertz CT molecular complexity index is 445. The van der Waals surface area contributed by atoms with E-state index in [0.29, 0.717) is 0 Å². The zero-order valence-electron chi connectivity index (χ0n) is 14.4. The van der Waals surface area contributed by atoms with Crippen molar-refractivity contribution in [3.8, 4) is 0 Å². The van der Waals surface area contributed by atoms with Crippen LogP contribution < -0.4 is 5.32 Å². The monoisotopic (exact) mass is 349 g/mol. The lowest BCUT2D eigenvalue weighted by atomic mass is 10.0. The molecule has 24 heavy (non-hydrogen) atoms. The van der Waals surface area contributed by atoms with Gasteiger partial charge in [-0.25, -0.2) is 9.59 Å². The first-order valence-electron chi connectivity index (χ1n) is 7.37. The van der Waals surface area contributed by atoms with Crippen LogP contribution in [0.3, 0.4) is 0 Å². The molecule has 0 rings (SSSR count). The molecule has 0 aromatic heterocycles. The van der Waals surface area contributed by atoms with Crippen LogP contribution in [0.1, 0.15) is 27.7 Å². The van der Waals surface area contributed by atoms with E-state index in [0.717, 1.165) is 0 Å². The number of amides is 1. The number of rotatable bonds is 8. The van der Waals surface area contributed by atoms with E-state index in [4.69, 9.17) is 4.74 Å². The van der Waals surface area contributed by atoms with E-state index in [-0.39, 0.29) is 5.57 Å². The van der Waals surface area contributed by atoms with E-state index in [1.54, 1.807) is 20.8 Å². The highest BCUT2D eigenvalue weighted by molar-refractivity contribution is 5.86. The number of ether oxygens (including phenoxy) is 2. The van der Waals surface area contributed by atoms with Gasteiger partial charge in [-0.15, -0.1) is 0 Å². The van der Waals surface area contributed by atoms with Gasteiger partial charge in [0.25, 0.3) is 0 Å². The topological polar surface area (TPSA) is 146 Å². The number of esters is 1. The molecule has 0 saturated heterocycles. The van der Waals surface area contributed by atoms with E-state index in [1.807, 2.05) is 0 Å². The fourth-order valence-corrected chi connectivity index (χ4v) is 1.46. The molecule has 0 aliphatic carbocycles. The van der Waals surface area contributed by atoms with Crippen LogP contribution in [0.2, 0.25) is 0 Å². The summed E-state index contributed by atoms with van der Waals surface area (Å²) < 4.78 is 9.58. The number of aliphatic hydroxyl groups is 4. The number of hydrogen-bond acceptors (Lipinski definition) is 8. The van der Waals surface area contributed by atoms with Gasteiger partial charge < -0.3 is 35.2 Å². The van der Waals surface area contributed by atoms with E-state index < -0.39 is 55.2 Å². The van der Waals surface area contributed by atoms with Gasteiger partial charge in [0.1, 0.15) is 30.5 Å². The Morgan fingerprint density at radius 2 is 1.58 bits per heavy atom. The third-order valence-electron chi connectivity index (χ3n) is 2.73. The van der Waals surface area contributed by atoms with Gasteiger partial charge in [-0.1, -0.05) is 6.58 Å². The van der Waals surface area contributed by atoms with Crippen LogP contribution in [-0.4, -0.2) is 75.7 Å². The molecule has 0 heterocycles. The fourth-order valence-electron chi connectivity index (χ4n) is 1.46. The van der Waals surface area contributed by atoms with Crippen molar-refractivity contribution >= 4 is 12.1 Å². The Kier molecular flexibility index (Phi) is 8.91. The molecule has 0 fully saturated rings. The van der Waals surface area contributed by atoms with Gasteiger partial charge in [-0.05, 0) is 27.7 Å². The van der Waals surface area contributed by atoms with Crippen molar-refractivity contribution in [2.45, 2.75) is 57.7 Å². The van der Waals surface area contributed by atoms with Crippen LogP contribution in [0.15, 0.2) is 12.2 Å². The Labute approximate surface area is 140 Å². The van der Waals surface area contributed by atoms with Crippen molar-refractivity contribution in [3.63, 3.8) is 0 Å². The number of carbonyl (C=O) groups is 2. The Balaban J connectivity index is 4.35. The molecular formula is C15H27NO8. The Morgan fingerprint density at radius 3 is 2.04 bits per heavy atom. The highest BCUT2D eigenvalue weighted by Gasteiger charge is 2.31. The summed E-state index contributed by atoms with van der Waals surface area (Å²) >= 11 is 0. The lowest BCUT2D eigenvalue weighted by Gasteiger charge is -2.27. The minimum atomic E-state index is -1.79. The summed E-state index contributed by atoms with van der Waals surface area (Å²) in [5.41, 5.74) is -0.616. The summed E-state index contributed by atoms with van der Waals surface area (Å²) in [7, 11) is 0. The summed E-state index contributed by atoms with van der Waals surface area (Å²) in [4.78, 5) is 22.6. The van der Waals surface area contributed by atoms with Crippen LogP contribution in [0, 0.1) is 0 Å². The van der Waals surface area contributed by atoms with Crippen LogP contribution in [0.25, 0.3) is 0 Å². The van der Waals surface area contributed by atoms with Crippen molar-refractivity contribution in [3.05, 3.63) is 12.2 Å². The SMILES string of the molecule is C=C(C)C(=O)OC[C@@H](O)[C@@H](O)[C@H](O)[C@@H](O)CNC(=O)OC(C)(C)C. The van der Waals surface area contributed by atoms with Crippen LogP contribution in [0.4, 0.5) is 4.79 Å². The van der Waals surface area contributed by atoms with E-state index in [2.05, 4.69) is 16.6 Å². The van der Waals surface area contributed by atoms with E-state index >= 15 is 0 Å². The molecular weight excluding hydrogens is 322 g/mol. The summed E-state index contributed by atoms with van der Waals surface area (Å²) in [6.45, 7) is 8.73. The van der Waals surface area contributed by atoms with E-state index in [1.165, 1.54) is 6.92 Å². The average molecular weight is 349 g/mol. The van der Waals surface area contributed by atoms with Crippen molar-refractivity contribution in [1.82, 2.24) is 5.32 Å². The second-order valence-corrected chi connectivity index (χ2v) is 6.38. The molecule has 0 aliphatic heterocycles. The molecule has 0 aromatic carbocycles. The summed E-state index contributed by atoms with van der Waals surface area (Å²) in [5.74, 6) is -0.761. The van der Waals surface area contributed by atoms with Crippen molar-refractivity contribution in [1.29, 1.82) is 0 Å². The van der Waals surface area contributed by atoms with Crippen molar-refractivity contribution < 1.29 is 39.5 Å². The second-order valence-electron chi connectivity index (χ2n) is 6.38. The second kappa shape index (κ2) is 9.58. The quantitative estimate of drug-likeness (QED) is 0.279. The predicted molar refractivity (Wildman–Crippen MR) is 84.0 cm³/mol. The molecule has 5 N–H and O–H groups in total. The molecule has 140 valence electrons. The first kappa shape index (κ1) is 22.3. The number of carbonyl (C=O) groups excluding carboxylic acids is 2. The minimum absolute atomic E-state index is 0.110. The molecule has 9 heteroatoms. The van der Waals surface area contributed by atoms with Crippen molar-refractivity contribution in [2.24, 2.45) is 0 Å². The summed E-state index contributed by atoms with van der Waals surface area (Å²) in [5, 5.41) is 41.1. The number of nitrogens with one attached hydrogen (secondary N) is 1. The minimum Gasteiger partial charge on any atom is -0.459 e. The molecule has 0 unspecified atom stereocenters. The highest BCUT2D eigenvalue weighted by Crippen LogP contribution is 2.08. The maximum atomic E-state index is 11.4. The zero-order chi connectivity index (χ0) is 19.1. The van der Waals surface area contributed by atoms with Gasteiger partial charge in [0.15, 0.2) is 0 Å². The van der Waals surface area contributed by atoms with Gasteiger partial charge in [0.05, 0.1) is 6.10 Å². The van der Waals surface area contributed by atoms with Crippen LogP contribution in [0.5, 0.6) is 0 Å². The average Bonchev–Trinajstić information content (AvgIpc) is 2.46. The van der Waals surface area contributed by atoms with Crippen LogP contribution in [-0.2, 0) is 14.3 Å². The lowest BCUT2D eigenvalue weighted by molar-refractivity contribution is -0.150. The number of alkyl carbamates (subject to hydrolysis) is 1. The maximum Gasteiger partial charge on any atom is 0.407 e. The molecule has 0 spiro atoms. The number of aliphatic hydroxyl groups excluding tert-OH is 4.